The van der Waals surface area contributed by atoms with Crippen molar-refractivity contribution in [2.24, 2.45) is 0 Å². The highest BCUT2D eigenvalue weighted by Gasteiger charge is 2.20. The van der Waals surface area contributed by atoms with Gasteiger partial charge in [0.05, 0.1) is 34.5 Å². The van der Waals surface area contributed by atoms with Gasteiger partial charge in [0, 0.05) is 27.3 Å². The molecule has 0 saturated carbocycles. The normalized spacial score (nSPS) is 11.4. The fourth-order valence-electron chi connectivity index (χ4n) is 7.69. The molecule has 0 unspecified atom stereocenters. The quantitative estimate of drug-likeness (QED) is 0.170. The van der Waals surface area contributed by atoms with Crippen LogP contribution in [0, 0.1) is 6.57 Å². The van der Waals surface area contributed by atoms with Gasteiger partial charge >= 0.3 is 0 Å². The zero-order valence-electron chi connectivity index (χ0n) is 28.6. The molecule has 2 aromatic heterocycles. The van der Waals surface area contributed by atoms with Crippen molar-refractivity contribution in [3.05, 3.63) is 193 Å². The van der Waals surface area contributed by atoms with Crippen molar-refractivity contribution in [1.29, 1.82) is 0 Å². The molecule has 0 aliphatic heterocycles. The molecule has 8 aromatic carbocycles. The third-order valence-electron chi connectivity index (χ3n) is 10.2. The van der Waals surface area contributed by atoms with Gasteiger partial charge in [-0.15, -0.1) is 0 Å². The molecule has 0 atom stereocenters. The number of benzene rings is 8. The van der Waals surface area contributed by atoms with Crippen LogP contribution >= 0.6 is 0 Å². The maximum absolute atomic E-state index is 8.40. The van der Waals surface area contributed by atoms with E-state index in [1.807, 2.05) is 42.5 Å². The number of aromatic nitrogens is 3. The average molecular weight is 675 g/mol. The van der Waals surface area contributed by atoms with Crippen molar-refractivity contribution < 1.29 is 0 Å². The summed E-state index contributed by atoms with van der Waals surface area (Å²) in [5.74, 6) is 0.576. The largest absolute Gasteiger partial charge is 0.319 e. The lowest BCUT2D eigenvalue weighted by molar-refractivity contribution is 1.18. The van der Waals surface area contributed by atoms with E-state index in [-0.39, 0.29) is 0 Å². The summed E-state index contributed by atoms with van der Waals surface area (Å²) in [5.41, 5.74) is 11.5. The smallest absolute Gasteiger partial charge is 0.211 e. The molecule has 10 rings (SSSR count). The number of nitrogens with zero attached hydrogens (tertiary/aromatic N) is 4. The Hall–Kier alpha value is -7.35. The summed E-state index contributed by atoms with van der Waals surface area (Å²) >= 11 is 0. The van der Waals surface area contributed by atoms with Gasteiger partial charge in [0.15, 0.2) is 5.82 Å². The maximum atomic E-state index is 8.40. The van der Waals surface area contributed by atoms with Gasteiger partial charge in [0.2, 0.25) is 5.69 Å². The summed E-state index contributed by atoms with van der Waals surface area (Å²) in [7, 11) is 0. The number of hydrogen-bond donors (Lipinski definition) is 0. The standard InChI is InChI=1S/C49H30N4/c1-50-44-28-37(25-26-46(44)53-45-24-14-13-23-38(45)41-27-35-21-11-12-22-36(35)29-47(41)53)49-51-43-31-40(33-17-7-3-8-18-33)39(32-15-5-2-6-16-32)30-42(43)48(52-49)34-19-9-4-10-20-34/h2-31H. The Morgan fingerprint density at radius 2 is 1.04 bits per heavy atom. The molecule has 4 nitrogen and oxygen atoms in total. The van der Waals surface area contributed by atoms with Crippen LogP contribution in [0.4, 0.5) is 5.69 Å². The highest BCUT2D eigenvalue weighted by molar-refractivity contribution is 6.14. The molecule has 0 N–H and O–H groups in total. The second-order valence-electron chi connectivity index (χ2n) is 13.3. The predicted molar refractivity (Wildman–Crippen MR) is 219 cm³/mol. The second-order valence-corrected chi connectivity index (χ2v) is 13.3. The van der Waals surface area contributed by atoms with Crippen LogP contribution in [-0.4, -0.2) is 14.5 Å². The fourth-order valence-corrected chi connectivity index (χ4v) is 7.69. The zero-order chi connectivity index (χ0) is 35.3. The highest BCUT2D eigenvalue weighted by atomic mass is 15.0. The number of fused-ring (bicyclic) bond motifs is 5. The van der Waals surface area contributed by atoms with Gasteiger partial charge in [-0.2, -0.15) is 0 Å². The van der Waals surface area contributed by atoms with E-state index in [9.17, 15) is 0 Å². The minimum Gasteiger partial charge on any atom is -0.319 e. The highest BCUT2D eigenvalue weighted by Crippen LogP contribution is 2.41. The molecule has 10 aromatic rings. The lowest BCUT2D eigenvalue weighted by atomic mass is 9.91. The van der Waals surface area contributed by atoms with Crippen molar-refractivity contribution in [3.8, 4) is 50.6 Å². The molecule has 0 amide bonds. The van der Waals surface area contributed by atoms with Gasteiger partial charge in [-0.3, -0.25) is 0 Å². The molecule has 0 radical (unpaired) electrons. The Morgan fingerprint density at radius 1 is 0.434 bits per heavy atom. The molecule has 4 heteroatoms. The average Bonchev–Trinajstić information content (AvgIpc) is 3.55. The Bertz CT molecular complexity index is 3050. The van der Waals surface area contributed by atoms with E-state index in [2.05, 4.69) is 149 Å². The van der Waals surface area contributed by atoms with E-state index >= 15 is 0 Å². The van der Waals surface area contributed by atoms with Crippen LogP contribution in [-0.2, 0) is 0 Å². The molecule has 0 aliphatic rings. The van der Waals surface area contributed by atoms with Crippen LogP contribution in [0.5, 0.6) is 0 Å². The molecule has 0 spiro atoms. The van der Waals surface area contributed by atoms with Gasteiger partial charge in [0.1, 0.15) is 0 Å². The Morgan fingerprint density at radius 3 is 1.74 bits per heavy atom. The van der Waals surface area contributed by atoms with Crippen LogP contribution < -0.4 is 0 Å². The summed E-state index contributed by atoms with van der Waals surface area (Å²) in [6.45, 7) is 8.40. The van der Waals surface area contributed by atoms with Crippen molar-refractivity contribution >= 4 is 49.2 Å². The third-order valence-corrected chi connectivity index (χ3v) is 10.2. The fraction of sp³-hybridized carbons (Fsp3) is 0. The third kappa shape index (κ3) is 5.14. The first kappa shape index (κ1) is 30.5. The van der Waals surface area contributed by atoms with Crippen molar-refractivity contribution in [2.45, 2.75) is 0 Å². The topological polar surface area (TPSA) is 35.1 Å². The Balaban J connectivity index is 1.20. The van der Waals surface area contributed by atoms with E-state index in [1.54, 1.807) is 0 Å². The van der Waals surface area contributed by atoms with E-state index in [0.29, 0.717) is 11.5 Å². The summed E-state index contributed by atoms with van der Waals surface area (Å²) in [6, 6.07) is 63.1. The first-order valence-corrected chi connectivity index (χ1v) is 17.7. The van der Waals surface area contributed by atoms with Crippen LogP contribution in [0.2, 0.25) is 0 Å². The van der Waals surface area contributed by atoms with E-state index in [1.165, 1.54) is 5.39 Å². The van der Waals surface area contributed by atoms with Crippen molar-refractivity contribution in [1.82, 2.24) is 14.5 Å². The Kier molecular flexibility index (Phi) is 7.16. The molecule has 0 saturated heterocycles. The first-order chi connectivity index (χ1) is 26.2. The van der Waals surface area contributed by atoms with Gasteiger partial charge in [-0.1, -0.05) is 140 Å². The lowest BCUT2D eigenvalue weighted by Gasteiger charge is -2.16. The molecule has 0 fully saturated rings. The monoisotopic (exact) mass is 674 g/mol. The minimum atomic E-state index is 0.535. The molecule has 2 heterocycles. The molecule has 0 aliphatic carbocycles. The van der Waals surface area contributed by atoms with Crippen molar-refractivity contribution in [2.75, 3.05) is 0 Å². The molecular weight excluding hydrogens is 645 g/mol. The van der Waals surface area contributed by atoms with E-state index in [4.69, 9.17) is 16.5 Å². The van der Waals surface area contributed by atoms with Crippen LogP contribution in [0.1, 0.15) is 0 Å². The van der Waals surface area contributed by atoms with Gasteiger partial charge in [-0.25, -0.2) is 14.8 Å². The van der Waals surface area contributed by atoms with Crippen LogP contribution in [0.25, 0.3) is 98.9 Å². The summed E-state index contributed by atoms with van der Waals surface area (Å²) in [4.78, 5) is 14.6. The lowest BCUT2D eigenvalue weighted by Crippen LogP contribution is -1.98. The van der Waals surface area contributed by atoms with Gasteiger partial charge < -0.3 is 4.57 Å². The van der Waals surface area contributed by atoms with Gasteiger partial charge in [0.25, 0.3) is 0 Å². The Labute approximate surface area is 306 Å². The SMILES string of the molecule is [C-]#[N+]c1cc(-c2nc(-c3ccccc3)c3cc(-c4ccccc4)c(-c4ccccc4)cc3n2)ccc1-n1c2ccccc2c2cc3ccccc3cc21. The van der Waals surface area contributed by atoms with E-state index < -0.39 is 0 Å². The number of hydrogen-bond acceptors (Lipinski definition) is 2. The zero-order valence-corrected chi connectivity index (χ0v) is 28.6. The van der Waals surface area contributed by atoms with Crippen LogP contribution in [0.15, 0.2) is 182 Å². The summed E-state index contributed by atoms with van der Waals surface area (Å²) < 4.78 is 2.22. The van der Waals surface area contributed by atoms with Crippen molar-refractivity contribution in [3.63, 3.8) is 0 Å². The predicted octanol–water partition coefficient (Wildman–Crippen LogP) is 13.1. The second kappa shape index (κ2) is 12.5. The minimum absolute atomic E-state index is 0.535. The molecular formula is C49H30N4. The summed E-state index contributed by atoms with van der Waals surface area (Å²) in [5, 5.41) is 5.64. The molecule has 246 valence electrons. The summed E-state index contributed by atoms with van der Waals surface area (Å²) in [6.07, 6.45) is 0. The van der Waals surface area contributed by atoms with Crippen LogP contribution in [0.3, 0.4) is 0 Å². The maximum Gasteiger partial charge on any atom is 0.211 e. The first-order valence-electron chi connectivity index (χ1n) is 17.7. The van der Waals surface area contributed by atoms with Gasteiger partial charge in [-0.05, 0) is 75.5 Å². The number of rotatable bonds is 5. The molecule has 53 heavy (non-hydrogen) atoms. The molecule has 0 bridgehead atoms. The number of para-hydroxylation sites is 1. The van der Waals surface area contributed by atoms with E-state index in [0.717, 1.165) is 82.9 Å².